The largest absolute Gasteiger partial charge is 0.412 e. The number of aliphatic hydroxyl groups excluding tert-OH is 3. The number of rotatable bonds is 6. The van der Waals surface area contributed by atoms with Crippen LogP contribution in [0.25, 0.3) is 0 Å². The van der Waals surface area contributed by atoms with Crippen molar-refractivity contribution in [1.82, 2.24) is 4.90 Å². The molecule has 0 unspecified atom stereocenters. The van der Waals surface area contributed by atoms with Gasteiger partial charge >= 0.3 is 0 Å². The van der Waals surface area contributed by atoms with Gasteiger partial charge in [-0.3, -0.25) is 4.90 Å². The summed E-state index contributed by atoms with van der Waals surface area (Å²) in [6, 6.07) is 0. The molecule has 0 aliphatic carbocycles. The Kier molecular flexibility index (Phi) is 456. The monoisotopic (exact) mass is 455 g/mol. The zero-order chi connectivity index (χ0) is 7.82. The van der Waals surface area contributed by atoms with E-state index in [0.717, 1.165) is 0 Å². The van der Waals surface area contributed by atoms with Gasteiger partial charge in [0.05, 0.1) is 19.8 Å². The zero-order valence-electron chi connectivity index (χ0n) is 12.0. The first-order chi connectivity index (χ1) is 4.85. The van der Waals surface area contributed by atoms with Crippen LogP contribution in [0.15, 0.2) is 0 Å². The second-order valence-corrected chi connectivity index (χ2v) is 2.01. The molecule has 146 valence electrons. The molecule has 21 N–H and O–H groups in total. The summed E-state index contributed by atoms with van der Waals surface area (Å²) in [4.78, 5) is 1.79. The van der Waals surface area contributed by atoms with Crippen LogP contribution in [0, 0.1) is 0 Å². The van der Waals surface area contributed by atoms with Crippen molar-refractivity contribution in [3.05, 3.63) is 0 Å². The van der Waals surface area contributed by atoms with Crippen LogP contribution in [-0.4, -0.2) is 109 Å². The van der Waals surface area contributed by atoms with E-state index in [2.05, 4.69) is 0 Å². The maximum absolute atomic E-state index is 8.48. The Hall–Kier alpha value is 1.62. The molecular weight excluding hydrogens is 422 g/mol. The predicted molar refractivity (Wildman–Crippen MR) is 70.2 cm³/mol. The second kappa shape index (κ2) is 93.7. The van der Waals surface area contributed by atoms with Crippen LogP contribution in [0.4, 0.5) is 0 Å². The molecular formula is C6H33NO12Ti3. The molecule has 0 aromatic rings. The average Bonchev–Trinajstić information content (AvgIpc) is 1.90. The Morgan fingerprint density at radius 2 is 0.545 bits per heavy atom. The van der Waals surface area contributed by atoms with Gasteiger partial charge in [-0.15, -0.1) is 0 Å². The first-order valence-corrected chi connectivity index (χ1v) is 3.40. The van der Waals surface area contributed by atoms with Crippen molar-refractivity contribution in [3.63, 3.8) is 0 Å². The molecule has 0 spiro atoms. The Bertz CT molecular complexity index is 77.6. The van der Waals surface area contributed by atoms with Gasteiger partial charge in [-0.05, 0) is 0 Å². The van der Waals surface area contributed by atoms with E-state index in [-0.39, 0.29) is 134 Å². The van der Waals surface area contributed by atoms with Crippen LogP contribution in [0.5, 0.6) is 0 Å². The minimum absolute atomic E-state index is 0. The summed E-state index contributed by atoms with van der Waals surface area (Å²) in [6.07, 6.45) is 0. The average molecular weight is 455 g/mol. The molecule has 0 amide bonds. The fraction of sp³-hybridized carbons (Fsp3) is 1.00. The molecule has 0 aromatic heterocycles. The maximum Gasteiger partial charge on any atom is 0.0558 e. The molecule has 16 heteroatoms. The van der Waals surface area contributed by atoms with E-state index in [1.807, 2.05) is 0 Å². The van der Waals surface area contributed by atoms with Gasteiger partial charge in [-0.2, -0.15) is 0 Å². The Balaban J connectivity index is -0.00000000614. The molecule has 0 aromatic carbocycles. The Morgan fingerprint density at radius 3 is 0.636 bits per heavy atom. The number of aliphatic hydroxyl groups is 3. The molecule has 0 saturated carbocycles. The summed E-state index contributed by atoms with van der Waals surface area (Å²) >= 11 is 0. The summed E-state index contributed by atoms with van der Waals surface area (Å²) in [7, 11) is 0. The van der Waals surface area contributed by atoms with Gasteiger partial charge in [-0.1, -0.05) is 0 Å². The third-order valence-electron chi connectivity index (χ3n) is 1.25. The molecule has 0 radical (unpaired) electrons. The van der Waals surface area contributed by atoms with Gasteiger partial charge in [0.15, 0.2) is 0 Å². The molecule has 13 nitrogen and oxygen atoms in total. The number of nitrogens with zero attached hydrogens (tertiary/aromatic N) is 1. The zero-order valence-corrected chi connectivity index (χ0v) is 16.7. The standard InChI is InChI=1S/C6H15NO3.9H2O.3Ti/c8-4-1-7(2-5-9)3-6-10;;;;;;;;;;;;/h8-10H,1-6H2;9*1H2;;;. The number of hydrogen-bond donors (Lipinski definition) is 3. The van der Waals surface area contributed by atoms with Gasteiger partial charge in [-0.25, -0.2) is 0 Å². The quantitative estimate of drug-likeness (QED) is 0.328. The van der Waals surface area contributed by atoms with E-state index in [0.29, 0.717) is 19.6 Å². The third-order valence-corrected chi connectivity index (χ3v) is 1.25. The third kappa shape index (κ3) is 81.5. The molecule has 0 bridgehead atoms. The Labute approximate surface area is 173 Å². The van der Waals surface area contributed by atoms with Crippen LogP contribution in [-0.2, 0) is 65.2 Å². The first-order valence-electron chi connectivity index (χ1n) is 3.40. The van der Waals surface area contributed by atoms with Crippen LogP contribution >= 0.6 is 0 Å². The van der Waals surface area contributed by atoms with Crippen molar-refractivity contribution in [2.75, 3.05) is 39.5 Å². The second-order valence-electron chi connectivity index (χ2n) is 2.01. The normalized spacial score (nSPS) is 4.91. The minimum atomic E-state index is 0. The molecule has 0 aliphatic heterocycles. The fourth-order valence-corrected chi connectivity index (χ4v) is 0.760. The molecule has 0 atom stereocenters. The van der Waals surface area contributed by atoms with Gasteiger partial charge in [0.25, 0.3) is 0 Å². The Morgan fingerprint density at radius 1 is 0.409 bits per heavy atom. The molecule has 0 rings (SSSR count). The van der Waals surface area contributed by atoms with Gasteiger partial charge in [0, 0.05) is 84.8 Å². The maximum atomic E-state index is 8.48. The van der Waals surface area contributed by atoms with Crippen molar-refractivity contribution in [1.29, 1.82) is 0 Å². The van der Waals surface area contributed by atoms with Crippen LogP contribution < -0.4 is 0 Å². The smallest absolute Gasteiger partial charge is 0.0558 e. The van der Waals surface area contributed by atoms with Crippen molar-refractivity contribution in [2.45, 2.75) is 0 Å². The van der Waals surface area contributed by atoms with Crippen LogP contribution in [0.1, 0.15) is 0 Å². The molecule has 0 saturated heterocycles. The van der Waals surface area contributed by atoms with Gasteiger partial charge in [0.2, 0.25) is 0 Å². The van der Waals surface area contributed by atoms with E-state index in [4.69, 9.17) is 15.3 Å². The van der Waals surface area contributed by atoms with Gasteiger partial charge < -0.3 is 64.6 Å². The first kappa shape index (κ1) is 107. The summed E-state index contributed by atoms with van der Waals surface area (Å²) in [6.45, 7) is 1.75. The summed E-state index contributed by atoms with van der Waals surface area (Å²) in [5, 5.41) is 25.5. The van der Waals surface area contributed by atoms with E-state index in [9.17, 15) is 0 Å². The summed E-state index contributed by atoms with van der Waals surface area (Å²) in [5.74, 6) is 0. The topological polar surface area (TPSA) is 347 Å². The molecule has 0 fully saturated rings. The summed E-state index contributed by atoms with van der Waals surface area (Å²) < 4.78 is 0. The van der Waals surface area contributed by atoms with E-state index >= 15 is 0 Å². The van der Waals surface area contributed by atoms with Crippen LogP contribution in [0.2, 0.25) is 0 Å². The van der Waals surface area contributed by atoms with E-state index in [1.54, 1.807) is 4.90 Å². The summed E-state index contributed by atoms with van der Waals surface area (Å²) in [5.41, 5.74) is 0. The predicted octanol–water partition coefficient (Wildman–Crippen LogP) is -9.16. The number of hydrogen-bond acceptors (Lipinski definition) is 4. The van der Waals surface area contributed by atoms with Crippen molar-refractivity contribution in [3.8, 4) is 0 Å². The van der Waals surface area contributed by atoms with E-state index in [1.165, 1.54) is 0 Å². The van der Waals surface area contributed by atoms with Crippen molar-refractivity contribution >= 4 is 0 Å². The van der Waals surface area contributed by atoms with Crippen LogP contribution in [0.3, 0.4) is 0 Å². The molecule has 0 aliphatic rings. The van der Waals surface area contributed by atoms with Crippen molar-refractivity contribution < 1.29 is 130 Å². The molecule has 22 heavy (non-hydrogen) atoms. The molecule has 0 heterocycles. The van der Waals surface area contributed by atoms with Gasteiger partial charge in [0.1, 0.15) is 0 Å². The van der Waals surface area contributed by atoms with Crippen molar-refractivity contribution in [2.24, 2.45) is 0 Å². The van der Waals surface area contributed by atoms with E-state index < -0.39 is 0 Å². The minimum Gasteiger partial charge on any atom is -0.412 e. The SMILES string of the molecule is O.O.O.O.O.O.O.O.O.OCCN(CCO)CCO.[Ti].[Ti].[Ti]. The fourth-order valence-electron chi connectivity index (χ4n) is 0.760.